The molecule has 7 heteroatoms. The highest BCUT2D eigenvalue weighted by Crippen LogP contribution is 2.16. The molecule has 0 spiro atoms. The number of carbonyl (C=O) groups is 1. The SMILES string of the molecule is Cc1ccc(OCNC(=O)N(C)C2CCS(=O)(=O)C2)cc1. The van der Waals surface area contributed by atoms with Crippen molar-refractivity contribution in [3.63, 3.8) is 0 Å². The Labute approximate surface area is 125 Å². The molecule has 2 rings (SSSR count). The van der Waals surface area contributed by atoms with Crippen LogP contribution < -0.4 is 10.1 Å². The average Bonchev–Trinajstić information content (AvgIpc) is 2.80. The van der Waals surface area contributed by atoms with Gasteiger partial charge >= 0.3 is 6.03 Å². The lowest BCUT2D eigenvalue weighted by Crippen LogP contribution is -2.45. The lowest BCUT2D eigenvalue weighted by atomic mass is 10.2. The Kier molecular flexibility index (Phi) is 4.72. The molecule has 1 aromatic rings. The normalized spacial score (nSPS) is 20.0. The van der Waals surface area contributed by atoms with E-state index in [1.165, 1.54) is 4.90 Å². The van der Waals surface area contributed by atoms with E-state index in [4.69, 9.17) is 4.74 Å². The summed E-state index contributed by atoms with van der Waals surface area (Å²) in [6.07, 6.45) is 0.491. The predicted octanol–water partition coefficient (Wildman–Crippen LogP) is 1.16. The van der Waals surface area contributed by atoms with Crippen LogP contribution in [0.25, 0.3) is 0 Å². The van der Waals surface area contributed by atoms with Crippen LogP contribution in [-0.2, 0) is 9.84 Å². The third kappa shape index (κ3) is 4.35. The van der Waals surface area contributed by atoms with Crippen molar-refractivity contribution in [1.82, 2.24) is 10.2 Å². The fraction of sp³-hybridized carbons (Fsp3) is 0.500. The van der Waals surface area contributed by atoms with E-state index in [0.717, 1.165) is 5.56 Å². The molecule has 1 unspecified atom stereocenters. The van der Waals surface area contributed by atoms with Crippen molar-refractivity contribution in [3.8, 4) is 5.75 Å². The molecular weight excluding hydrogens is 292 g/mol. The first-order chi connectivity index (χ1) is 9.87. The van der Waals surface area contributed by atoms with E-state index in [-0.39, 0.29) is 30.3 Å². The summed E-state index contributed by atoms with van der Waals surface area (Å²) in [7, 11) is -1.39. The van der Waals surface area contributed by atoms with E-state index in [2.05, 4.69) is 5.32 Å². The second-order valence-electron chi connectivity index (χ2n) is 5.25. The van der Waals surface area contributed by atoms with Crippen molar-refractivity contribution < 1.29 is 17.9 Å². The molecule has 1 atom stereocenters. The van der Waals surface area contributed by atoms with E-state index in [0.29, 0.717) is 12.2 Å². The number of ether oxygens (including phenoxy) is 1. The summed E-state index contributed by atoms with van der Waals surface area (Å²) in [6, 6.07) is 6.92. The standard InChI is InChI=1S/C14H20N2O4S/c1-11-3-5-13(6-4-11)20-10-15-14(17)16(2)12-7-8-21(18,19)9-12/h3-6,12H,7-10H2,1-2H3,(H,15,17). The molecule has 1 heterocycles. The van der Waals surface area contributed by atoms with Crippen LogP contribution >= 0.6 is 0 Å². The van der Waals surface area contributed by atoms with Crippen LogP contribution in [0, 0.1) is 6.92 Å². The topological polar surface area (TPSA) is 75.7 Å². The summed E-state index contributed by atoms with van der Waals surface area (Å²) in [5, 5.41) is 2.62. The van der Waals surface area contributed by atoms with Crippen molar-refractivity contribution in [2.45, 2.75) is 19.4 Å². The Morgan fingerprint density at radius 1 is 1.38 bits per heavy atom. The molecule has 1 aliphatic heterocycles. The lowest BCUT2D eigenvalue weighted by Gasteiger charge is -2.23. The molecule has 1 aliphatic rings. The first-order valence-electron chi connectivity index (χ1n) is 6.78. The zero-order valence-electron chi connectivity index (χ0n) is 12.2. The van der Waals surface area contributed by atoms with Gasteiger partial charge in [-0.3, -0.25) is 0 Å². The number of nitrogens with zero attached hydrogens (tertiary/aromatic N) is 1. The molecule has 6 nitrogen and oxygen atoms in total. The number of sulfone groups is 1. The number of aryl methyl sites for hydroxylation is 1. The zero-order valence-corrected chi connectivity index (χ0v) is 13.0. The number of amides is 2. The van der Waals surface area contributed by atoms with Gasteiger partial charge in [0, 0.05) is 13.1 Å². The van der Waals surface area contributed by atoms with E-state index < -0.39 is 9.84 Å². The number of urea groups is 1. The number of benzene rings is 1. The summed E-state index contributed by atoms with van der Waals surface area (Å²) in [5.41, 5.74) is 1.13. The Bertz CT molecular complexity index is 598. The van der Waals surface area contributed by atoms with Gasteiger partial charge in [-0.15, -0.1) is 0 Å². The van der Waals surface area contributed by atoms with Crippen LogP contribution in [0.2, 0.25) is 0 Å². The molecule has 0 saturated carbocycles. The highest BCUT2D eigenvalue weighted by molar-refractivity contribution is 7.91. The molecule has 1 aromatic carbocycles. The summed E-state index contributed by atoms with van der Waals surface area (Å²) < 4.78 is 28.2. The Hall–Kier alpha value is -1.76. The van der Waals surface area contributed by atoms with Gasteiger partial charge in [0.05, 0.1) is 11.5 Å². The van der Waals surface area contributed by atoms with Crippen molar-refractivity contribution >= 4 is 15.9 Å². The zero-order chi connectivity index (χ0) is 15.5. The Morgan fingerprint density at radius 2 is 2.05 bits per heavy atom. The van der Waals surface area contributed by atoms with Crippen LogP contribution in [0.4, 0.5) is 4.79 Å². The predicted molar refractivity (Wildman–Crippen MR) is 80.0 cm³/mol. The van der Waals surface area contributed by atoms with E-state index in [1.807, 2.05) is 31.2 Å². The number of hydrogen-bond donors (Lipinski definition) is 1. The summed E-state index contributed by atoms with van der Waals surface area (Å²) in [4.78, 5) is 13.4. The molecule has 1 fully saturated rings. The summed E-state index contributed by atoms with van der Waals surface area (Å²) >= 11 is 0. The van der Waals surface area contributed by atoms with E-state index in [1.54, 1.807) is 7.05 Å². The molecule has 1 saturated heterocycles. The Balaban J connectivity index is 1.78. The minimum absolute atomic E-state index is 0.0374. The number of rotatable bonds is 4. The maximum absolute atomic E-state index is 11.9. The van der Waals surface area contributed by atoms with Gasteiger partial charge < -0.3 is 15.0 Å². The van der Waals surface area contributed by atoms with Gasteiger partial charge in [0.1, 0.15) is 5.75 Å². The smallest absolute Gasteiger partial charge is 0.320 e. The molecule has 0 aliphatic carbocycles. The molecular formula is C14H20N2O4S. The third-order valence-corrected chi connectivity index (χ3v) is 5.31. The number of carbonyl (C=O) groups excluding carboxylic acids is 1. The van der Waals surface area contributed by atoms with Gasteiger partial charge in [-0.05, 0) is 25.5 Å². The van der Waals surface area contributed by atoms with Crippen LogP contribution in [-0.4, -0.2) is 50.7 Å². The van der Waals surface area contributed by atoms with Gasteiger partial charge in [0.2, 0.25) is 0 Å². The first-order valence-corrected chi connectivity index (χ1v) is 8.60. The molecule has 0 aromatic heterocycles. The van der Waals surface area contributed by atoms with E-state index >= 15 is 0 Å². The van der Waals surface area contributed by atoms with Crippen molar-refractivity contribution in [3.05, 3.63) is 29.8 Å². The summed E-state index contributed by atoms with van der Waals surface area (Å²) in [6.45, 7) is 2.03. The summed E-state index contributed by atoms with van der Waals surface area (Å²) in [5.74, 6) is 0.859. The second kappa shape index (κ2) is 6.34. The minimum Gasteiger partial charge on any atom is -0.473 e. The van der Waals surface area contributed by atoms with Crippen molar-refractivity contribution in [2.24, 2.45) is 0 Å². The number of nitrogens with one attached hydrogen (secondary N) is 1. The first kappa shape index (κ1) is 15.6. The highest BCUT2D eigenvalue weighted by Gasteiger charge is 2.32. The third-order valence-electron chi connectivity index (χ3n) is 3.56. The lowest BCUT2D eigenvalue weighted by molar-refractivity contribution is 0.182. The maximum atomic E-state index is 11.9. The average molecular weight is 312 g/mol. The van der Waals surface area contributed by atoms with Gasteiger partial charge in [-0.25, -0.2) is 13.2 Å². The van der Waals surface area contributed by atoms with Crippen LogP contribution in [0.3, 0.4) is 0 Å². The van der Waals surface area contributed by atoms with Gasteiger partial charge in [0.25, 0.3) is 0 Å². The molecule has 1 N–H and O–H groups in total. The molecule has 2 amide bonds. The van der Waals surface area contributed by atoms with E-state index in [9.17, 15) is 13.2 Å². The highest BCUT2D eigenvalue weighted by atomic mass is 32.2. The number of hydrogen-bond acceptors (Lipinski definition) is 4. The molecule has 21 heavy (non-hydrogen) atoms. The van der Waals surface area contributed by atoms with Crippen molar-refractivity contribution in [1.29, 1.82) is 0 Å². The molecule has 0 bridgehead atoms. The van der Waals surface area contributed by atoms with Gasteiger partial charge in [-0.2, -0.15) is 0 Å². The van der Waals surface area contributed by atoms with Crippen LogP contribution in [0.15, 0.2) is 24.3 Å². The van der Waals surface area contributed by atoms with Gasteiger partial charge in [0.15, 0.2) is 16.6 Å². The second-order valence-corrected chi connectivity index (χ2v) is 7.48. The quantitative estimate of drug-likeness (QED) is 0.847. The minimum atomic E-state index is -2.99. The Morgan fingerprint density at radius 3 is 2.62 bits per heavy atom. The monoisotopic (exact) mass is 312 g/mol. The van der Waals surface area contributed by atoms with Crippen LogP contribution in [0.5, 0.6) is 5.75 Å². The largest absolute Gasteiger partial charge is 0.473 e. The van der Waals surface area contributed by atoms with Crippen molar-refractivity contribution in [2.75, 3.05) is 25.3 Å². The van der Waals surface area contributed by atoms with Gasteiger partial charge in [-0.1, -0.05) is 17.7 Å². The molecule has 0 radical (unpaired) electrons. The maximum Gasteiger partial charge on any atom is 0.320 e. The molecule has 116 valence electrons. The fourth-order valence-electron chi connectivity index (χ4n) is 2.19. The van der Waals surface area contributed by atoms with Crippen LogP contribution in [0.1, 0.15) is 12.0 Å². The fourth-order valence-corrected chi connectivity index (χ4v) is 3.96.